The topological polar surface area (TPSA) is 6.48 Å². The third-order valence-corrected chi connectivity index (χ3v) is 19.5. The van der Waals surface area contributed by atoms with Crippen molar-refractivity contribution in [2.75, 3.05) is 26.2 Å². The summed E-state index contributed by atoms with van der Waals surface area (Å²) < 4.78 is 0.355. The van der Waals surface area contributed by atoms with Gasteiger partial charge in [0.2, 0.25) is 0 Å². The summed E-state index contributed by atoms with van der Waals surface area (Å²) in [6.45, 7) is 4.58. The van der Waals surface area contributed by atoms with Gasteiger partial charge in [-0.25, -0.2) is 0 Å². The maximum absolute atomic E-state index is 7.60. The van der Waals surface area contributed by atoms with Gasteiger partial charge in [0.1, 0.15) is 0 Å². The van der Waals surface area contributed by atoms with Crippen LogP contribution in [0.4, 0.5) is 0 Å². The zero-order valence-corrected chi connectivity index (χ0v) is 21.7. The molecule has 0 radical (unpaired) electrons. The van der Waals surface area contributed by atoms with Gasteiger partial charge in [-0.1, -0.05) is 0 Å². The monoisotopic (exact) mass is 646 g/mol. The molecule has 0 spiro atoms. The van der Waals surface area contributed by atoms with Crippen molar-refractivity contribution in [2.45, 2.75) is 32.9 Å². The molecule has 2 aliphatic heterocycles. The Balaban J connectivity index is 0.00000216. The first-order valence-corrected chi connectivity index (χ1v) is 20.8. The Morgan fingerprint density at radius 2 is 1.00 bits per heavy atom. The second kappa shape index (κ2) is 9.48. The predicted octanol–water partition coefficient (Wildman–Crippen LogP) is 5.65. The number of nitrogens with zero attached hydrogens (tertiary/aromatic N) is 2. The summed E-state index contributed by atoms with van der Waals surface area (Å²) in [5.74, 6) is 0. The van der Waals surface area contributed by atoms with E-state index in [0.717, 1.165) is 26.2 Å². The molecule has 0 amide bonds. The molecule has 32 heavy (non-hydrogen) atoms. The van der Waals surface area contributed by atoms with Crippen molar-refractivity contribution in [3.05, 3.63) is 82.9 Å². The Morgan fingerprint density at radius 1 is 0.625 bits per heavy atom. The van der Waals surface area contributed by atoms with Crippen LogP contribution in [0, 0.1) is 0 Å². The first-order chi connectivity index (χ1) is 15.1. The third-order valence-electron chi connectivity index (χ3n) is 7.52. The number of rotatable bonds is 4. The quantitative estimate of drug-likeness (QED) is 0.424. The second-order valence-electron chi connectivity index (χ2n) is 9.30. The molecule has 0 bridgehead atoms. The van der Waals surface area contributed by atoms with Crippen molar-refractivity contribution in [3.8, 4) is 0 Å². The third kappa shape index (κ3) is 3.90. The Morgan fingerprint density at radius 3 is 1.41 bits per heavy atom. The van der Waals surface area contributed by atoms with Gasteiger partial charge in [0, 0.05) is 0 Å². The maximum atomic E-state index is 7.60. The number of benzene rings is 2. The summed E-state index contributed by atoms with van der Waals surface area (Å²) in [5, 5.41) is 0. The Kier molecular flexibility index (Phi) is 6.99. The molecule has 2 unspecified atom stereocenters. The summed E-state index contributed by atoms with van der Waals surface area (Å²) in [6.07, 6.45) is 9.99. The van der Waals surface area contributed by atoms with E-state index < -0.39 is 17.9 Å². The van der Waals surface area contributed by atoms with E-state index in [4.69, 9.17) is 17.0 Å². The van der Waals surface area contributed by atoms with Crippen LogP contribution in [-0.4, -0.2) is 61.8 Å². The van der Waals surface area contributed by atoms with Crippen LogP contribution in [0.1, 0.15) is 55.2 Å². The summed E-state index contributed by atoms with van der Waals surface area (Å²) >= 11 is -3.73. The molecular formula is C26H31Cl2InN2Zr. The average molecular weight is 648 g/mol. The SMILES string of the molecule is [Cl][Zr]([Cl])([CH]1C=C(N2CCCC2)c2ccccc21)[CH]1C=C(N2CCCC2)c2ccccc21.[InH3]. The number of fused-ring (bicyclic) bond motifs is 2. The van der Waals surface area contributed by atoms with E-state index in [2.05, 4.69) is 70.5 Å². The molecule has 2 aromatic carbocycles. The van der Waals surface area contributed by atoms with E-state index in [9.17, 15) is 0 Å². The van der Waals surface area contributed by atoms with Crippen molar-refractivity contribution >= 4 is 54.3 Å². The fourth-order valence-corrected chi connectivity index (χ4v) is 16.3. The predicted molar refractivity (Wildman–Crippen MR) is 138 cm³/mol. The van der Waals surface area contributed by atoms with Crippen LogP contribution in [0.2, 0.25) is 0 Å². The molecule has 2 heterocycles. The standard InChI is InChI=1S/2C13H14N.2ClH.In.Zr.3H/c2*1-2-6-12-11(5-1)7-8-13(12)14-9-3-4-10-14;;;;;;;/h2*1-2,5-8H,3-4,9-10H2;2*1H;;;;;/q;;;;;+2;;;/p-2. The van der Waals surface area contributed by atoms with Crippen molar-refractivity contribution in [3.63, 3.8) is 0 Å². The van der Waals surface area contributed by atoms with Crippen LogP contribution in [0.15, 0.2) is 60.7 Å². The van der Waals surface area contributed by atoms with E-state index in [-0.39, 0.29) is 33.1 Å². The molecule has 6 rings (SSSR count). The van der Waals surface area contributed by atoms with Crippen LogP contribution in [0.3, 0.4) is 0 Å². The van der Waals surface area contributed by atoms with Crippen LogP contribution >= 0.6 is 17.0 Å². The van der Waals surface area contributed by atoms with E-state index in [1.165, 1.54) is 59.3 Å². The Bertz CT molecular complexity index is 988. The van der Waals surface area contributed by atoms with Gasteiger partial charge in [0.25, 0.3) is 0 Å². The van der Waals surface area contributed by atoms with Gasteiger partial charge in [-0.3, -0.25) is 0 Å². The van der Waals surface area contributed by atoms with Crippen molar-refractivity contribution in [1.82, 2.24) is 9.80 Å². The van der Waals surface area contributed by atoms with E-state index in [1.807, 2.05) is 0 Å². The number of hydrogen-bond donors (Lipinski definition) is 0. The molecule has 2 nitrogen and oxygen atoms in total. The molecule has 0 aromatic heterocycles. The number of halogens is 2. The van der Waals surface area contributed by atoms with E-state index in [1.54, 1.807) is 0 Å². The fraction of sp³-hybridized carbons (Fsp3) is 0.385. The normalized spacial score (nSPS) is 24.2. The van der Waals surface area contributed by atoms with Gasteiger partial charge in [-0.05, 0) is 0 Å². The first-order valence-electron chi connectivity index (χ1n) is 11.6. The van der Waals surface area contributed by atoms with Crippen LogP contribution in [-0.2, 0) is 17.9 Å². The van der Waals surface area contributed by atoms with Crippen LogP contribution in [0.25, 0.3) is 11.4 Å². The van der Waals surface area contributed by atoms with E-state index in [0.29, 0.717) is 0 Å². The average Bonchev–Trinajstić information content (AvgIpc) is 3.58. The van der Waals surface area contributed by atoms with Crippen molar-refractivity contribution in [1.29, 1.82) is 0 Å². The Hall–Kier alpha value is -0.147. The fourth-order valence-electron chi connectivity index (χ4n) is 5.98. The van der Waals surface area contributed by atoms with Gasteiger partial charge in [0.05, 0.1) is 0 Å². The van der Waals surface area contributed by atoms with Gasteiger partial charge in [-0.15, -0.1) is 0 Å². The summed E-state index contributed by atoms with van der Waals surface area (Å²) in [7, 11) is 15.2. The number of likely N-dealkylation sites (tertiary alicyclic amines) is 2. The molecule has 0 saturated carbocycles. The van der Waals surface area contributed by atoms with Gasteiger partial charge in [-0.2, -0.15) is 0 Å². The van der Waals surface area contributed by atoms with Crippen LogP contribution in [0.5, 0.6) is 0 Å². The summed E-state index contributed by atoms with van der Waals surface area (Å²) in [4.78, 5) is 5.09. The van der Waals surface area contributed by atoms with Crippen LogP contribution < -0.4 is 0 Å². The van der Waals surface area contributed by atoms with Gasteiger partial charge >= 0.3 is 224 Å². The molecule has 6 heteroatoms. The molecule has 0 N–H and O–H groups in total. The van der Waals surface area contributed by atoms with E-state index >= 15 is 0 Å². The molecule has 2 aromatic rings. The molecule has 2 atom stereocenters. The molecule has 4 aliphatic rings. The minimum absolute atomic E-state index is 0. The Labute approximate surface area is 221 Å². The minimum atomic E-state index is -3.73. The zero-order chi connectivity index (χ0) is 21.0. The summed E-state index contributed by atoms with van der Waals surface area (Å²) in [6, 6.07) is 17.7. The number of hydrogen-bond acceptors (Lipinski definition) is 2. The number of allylic oxidation sites excluding steroid dienone is 2. The molecule has 166 valence electrons. The first kappa shape index (κ1) is 23.6. The molecule has 2 saturated heterocycles. The zero-order valence-electron chi connectivity index (χ0n) is 17.7. The molecular weight excluding hydrogens is 617 g/mol. The van der Waals surface area contributed by atoms with Gasteiger partial charge in [0.15, 0.2) is 0 Å². The van der Waals surface area contributed by atoms with Crippen molar-refractivity contribution < 1.29 is 17.9 Å². The van der Waals surface area contributed by atoms with Gasteiger partial charge < -0.3 is 0 Å². The second-order valence-corrected chi connectivity index (χ2v) is 24.2. The van der Waals surface area contributed by atoms with Crippen molar-refractivity contribution in [2.24, 2.45) is 0 Å². The molecule has 2 fully saturated rings. The summed E-state index contributed by atoms with van der Waals surface area (Å²) in [5.41, 5.74) is 8.15. The molecule has 2 aliphatic carbocycles.